The molecule has 41 heavy (non-hydrogen) atoms. The van der Waals surface area contributed by atoms with Crippen molar-refractivity contribution in [3.05, 3.63) is 88.4 Å². The van der Waals surface area contributed by atoms with Crippen LogP contribution in [0.15, 0.2) is 72.8 Å². The summed E-state index contributed by atoms with van der Waals surface area (Å²) in [7, 11) is -3.89. The fraction of sp³-hybridized carbons (Fsp3) is 0.333. The molecule has 3 aromatic carbocycles. The fourth-order valence-electron chi connectivity index (χ4n) is 4.12. The molecule has 8 nitrogen and oxygen atoms in total. The second kappa shape index (κ2) is 13.6. The Balaban J connectivity index is 1.93. The van der Waals surface area contributed by atoms with Crippen LogP contribution in [0.2, 0.25) is 10.0 Å². The number of amides is 2. The first-order valence-corrected chi connectivity index (χ1v) is 15.6. The number of nitrogens with one attached hydrogen (secondary N) is 1. The number of sulfonamides is 1. The van der Waals surface area contributed by atoms with Crippen molar-refractivity contribution in [1.29, 1.82) is 0 Å². The number of carbonyl (C=O) groups excluding carboxylic acids is 2. The second-order valence-corrected chi connectivity index (χ2v) is 13.3. The molecule has 0 aliphatic rings. The van der Waals surface area contributed by atoms with Crippen LogP contribution in [0.1, 0.15) is 39.7 Å². The van der Waals surface area contributed by atoms with Crippen molar-refractivity contribution in [2.75, 3.05) is 17.1 Å². The van der Waals surface area contributed by atoms with Crippen LogP contribution in [0.25, 0.3) is 0 Å². The van der Waals surface area contributed by atoms with E-state index in [2.05, 4.69) is 5.32 Å². The third-order valence-electron chi connectivity index (χ3n) is 6.02. The maximum atomic E-state index is 13.9. The Labute approximate surface area is 252 Å². The monoisotopic (exact) mass is 619 g/mol. The average Bonchev–Trinajstić information content (AvgIpc) is 2.88. The van der Waals surface area contributed by atoms with Gasteiger partial charge in [0.05, 0.1) is 11.9 Å². The summed E-state index contributed by atoms with van der Waals surface area (Å²) in [6.45, 7) is 6.77. The molecule has 0 saturated carbocycles. The summed E-state index contributed by atoms with van der Waals surface area (Å²) in [5, 5.41) is 3.68. The van der Waals surface area contributed by atoms with Crippen LogP contribution in [-0.4, -0.2) is 49.5 Å². The van der Waals surface area contributed by atoms with Gasteiger partial charge in [-0.25, -0.2) is 8.42 Å². The van der Waals surface area contributed by atoms with E-state index < -0.39 is 34.1 Å². The zero-order valence-corrected chi connectivity index (χ0v) is 26.1. The molecule has 0 aliphatic carbocycles. The Morgan fingerprint density at radius 1 is 0.951 bits per heavy atom. The van der Waals surface area contributed by atoms with Crippen LogP contribution in [0.3, 0.4) is 0 Å². The van der Waals surface area contributed by atoms with Gasteiger partial charge >= 0.3 is 0 Å². The number of halogens is 2. The van der Waals surface area contributed by atoms with Crippen LogP contribution in [0, 0.1) is 0 Å². The predicted octanol–water partition coefficient (Wildman–Crippen LogP) is 6.27. The average molecular weight is 621 g/mol. The van der Waals surface area contributed by atoms with Gasteiger partial charge in [-0.15, -0.1) is 0 Å². The molecule has 11 heteroatoms. The summed E-state index contributed by atoms with van der Waals surface area (Å²) in [5.74, 6) is 0.211. The molecule has 0 unspecified atom stereocenters. The normalized spacial score (nSPS) is 12.4. The van der Waals surface area contributed by atoms with Crippen molar-refractivity contribution in [1.82, 2.24) is 10.2 Å². The quantitative estimate of drug-likeness (QED) is 0.273. The van der Waals surface area contributed by atoms with E-state index in [0.717, 1.165) is 10.6 Å². The van der Waals surface area contributed by atoms with Crippen molar-refractivity contribution < 1.29 is 22.7 Å². The number of benzene rings is 3. The number of ether oxygens (including phenoxy) is 1. The molecule has 3 aromatic rings. The zero-order valence-electron chi connectivity index (χ0n) is 23.7. The van der Waals surface area contributed by atoms with Crippen LogP contribution < -0.4 is 14.4 Å². The van der Waals surface area contributed by atoms with Crippen LogP contribution in [0.5, 0.6) is 11.5 Å². The lowest BCUT2D eigenvalue weighted by Gasteiger charge is -2.34. The van der Waals surface area contributed by atoms with Gasteiger partial charge < -0.3 is 15.0 Å². The highest BCUT2D eigenvalue weighted by Crippen LogP contribution is 2.27. The summed E-state index contributed by atoms with van der Waals surface area (Å²) >= 11 is 12.5. The molecule has 1 atom stereocenters. The number of carbonyl (C=O) groups is 2. The van der Waals surface area contributed by atoms with E-state index in [9.17, 15) is 18.0 Å². The van der Waals surface area contributed by atoms with Gasteiger partial charge in [0.2, 0.25) is 21.8 Å². The first-order valence-electron chi connectivity index (χ1n) is 13.0. The van der Waals surface area contributed by atoms with Crippen molar-refractivity contribution >= 4 is 50.7 Å². The molecule has 1 N–H and O–H groups in total. The minimum atomic E-state index is -3.89. The zero-order chi connectivity index (χ0) is 30.4. The summed E-state index contributed by atoms with van der Waals surface area (Å²) < 4.78 is 32.6. The molecule has 2 amide bonds. The Hall–Kier alpha value is -3.27. The van der Waals surface area contributed by atoms with Gasteiger partial charge in [-0.3, -0.25) is 13.9 Å². The van der Waals surface area contributed by atoms with E-state index in [4.69, 9.17) is 27.9 Å². The van der Waals surface area contributed by atoms with Crippen molar-refractivity contribution in [3.63, 3.8) is 0 Å². The lowest BCUT2D eigenvalue weighted by Crippen LogP contribution is -2.55. The minimum Gasteiger partial charge on any atom is -0.457 e. The fourth-order valence-corrected chi connectivity index (χ4v) is 5.44. The maximum Gasteiger partial charge on any atom is 0.244 e. The summed E-state index contributed by atoms with van der Waals surface area (Å²) in [4.78, 5) is 28.5. The minimum absolute atomic E-state index is 0.0215. The summed E-state index contributed by atoms with van der Waals surface area (Å²) in [6, 6.07) is 19.5. The summed E-state index contributed by atoms with van der Waals surface area (Å²) in [5.41, 5.74) is 0.303. The van der Waals surface area contributed by atoms with E-state index >= 15 is 0 Å². The molecule has 0 bridgehead atoms. The van der Waals surface area contributed by atoms with E-state index in [1.165, 1.54) is 4.90 Å². The van der Waals surface area contributed by atoms with E-state index in [1.807, 2.05) is 39.0 Å². The van der Waals surface area contributed by atoms with E-state index in [1.54, 1.807) is 61.5 Å². The molecule has 0 fully saturated rings. The number of anilines is 1. The molecule has 0 heterocycles. The van der Waals surface area contributed by atoms with Crippen LogP contribution in [0.4, 0.5) is 5.69 Å². The molecule has 0 radical (unpaired) electrons. The van der Waals surface area contributed by atoms with Crippen molar-refractivity contribution in [2.45, 2.75) is 52.2 Å². The van der Waals surface area contributed by atoms with Gasteiger partial charge in [0.25, 0.3) is 0 Å². The Bertz CT molecular complexity index is 1460. The number of hydrogen-bond donors (Lipinski definition) is 1. The van der Waals surface area contributed by atoms with Crippen molar-refractivity contribution in [2.24, 2.45) is 0 Å². The maximum absolute atomic E-state index is 13.9. The molecule has 0 saturated heterocycles. The first kappa shape index (κ1) is 32.2. The SMILES string of the molecule is CC[C@H](C(=O)NC(C)(C)C)N(Cc1ccc(Cl)cc1Cl)C(=O)CN(c1ccc(Oc2ccccc2)cc1)S(C)(=O)=O. The molecule has 0 aliphatic heterocycles. The Morgan fingerprint density at radius 2 is 1.56 bits per heavy atom. The second-order valence-electron chi connectivity index (χ2n) is 10.6. The standard InChI is InChI=1S/C30H35Cl2N3O5S/c1-6-27(29(37)33-30(2,3)4)34(19-21-12-13-22(31)18-26(21)32)28(36)20-35(41(5,38)39)23-14-16-25(17-15-23)40-24-10-8-7-9-11-24/h7-18,27H,6,19-20H2,1-5H3,(H,33,37)/t27-/m1/s1. The molecule has 0 spiro atoms. The molecule has 3 rings (SSSR count). The lowest BCUT2D eigenvalue weighted by molar-refractivity contribution is -0.141. The van der Waals surface area contributed by atoms with Gasteiger partial charge in [0, 0.05) is 22.1 Å². The topological polar surface area (TPSA) is 96.0 Å². The molecule has 0 aromatic heterocycles. The number of nitrogens with zero attached hydrogens (tertiary/aromatic N) is 2. The Kier molecular flexibility index (Phi) is 10.7. The molecule has 220 valence electrons. The third-order valence-corrected chi connectivity index (χ3v) is 7.75. The van der Waals surface area contributed by atoms with Crippen molar-refractivity contribution in [3.8, 4) is 11.5 Å². The predicted molar refractivity (Wildman–Crippen MR) is 164 cm³/mol. The first-order chi connectivity index (χ1) is 19.2. The van der Waals surface area contributed by atoms with Gasteiger partial charge in [-0.2, -0.15) is 0 Å². The lowest BCUT2D eigenvalue weighted by atomic mass is 10.1. The number of hydrogen-bond acceptors (Lipinski definition) is 5. The largest absolute Gasteiger partial charge is 0.457 e. The van der Waals surface area contributed by atoms with Gasteiger partial charge in [-0.05, 0) is 81.3 Å². The molecular weight excluding hydrogens is 585 g/mol. The Morgan fingerprint density at radius 3 is 2.10 bits per heavy atom. The highest BCUT2D eigenvalue weighted by atomic mass is 35.5. The number of para-hydroxylation sites is 1. The van der Waals surface area contributed by atoms with Gasteiger partial charge in [0.1, 0.15) is 24.1 Å². The smallest absolute Gasteiger partial charge is 0.244 e. The van der Waals surface area contributed by atoms with Gasteiger partial charge in [0.15, 0.2) is 0 Å². The van der Waals surface area contributed by atoms with Crippen LogP contribution >= 0.6 is 23.2 Å². The van der Waals surface area contributed by atoms with E-state index in [-0.39, 0.29) is 18.1 Å². The van der Waals surface area contributed by atoms with Gasteiger partial charge in [-0.1, -0.05) is 54.4 Å². The summed E-state index contributed by atoms with van der Waals surface area (Å²) in [6.07, 6.45) is 1.32. The highest BCUT2D eigenvalue weighted by Gasteiger charge is 2.33. The van der Waals surface area contributed by atoms with E-state index in [0.29, 0.717) is 33.5 Å². The third kappa shape index (κ3) is 9.38. The highest BCUT2D eigenvalue weighted by molar-refractivity contribution is 7.92. The number of rotatable bonds is 11. The molecular formula is C30H35Cl2N3O5S. The van der Waals surface area contributed by atoms with Crippen LogP contribution in [-0.2, 0) is 26.2 Å².